The fourth-order valence-electron chi connectivity index (χ4n) is 6.27. The molecule has 0 N–H and O–H groups in total. The van der Waals surface area contributed by atoms with E-state index < -0.39 is 40.5 Å². The highest BCUT2D eigenvalue weighted by Crippen LogP contribution is 2.40. The highest BCUT2D eigenvalue weighted by atomic mass is 16.6. The molecule has 0 radical (unpaired) electrons. The van der Waals surface area contributed by atoms with Crippen LogP contribution in [0.15, 0.2) is 0 Å². The minimum atomic E-state index is -0.620. The van der Waals surface area contributed by atoms with Gasteiger partial charge in [-0.2, -0.15) is 0 Å². The van der Waals surface area contributed by atoms with Crippen molar-refractivity contribution in [1.82, 2.24) is 9.80 Å². The van der Waals surface area contributed by atoms with Crippen LogP contribution < -0.4 is 0 Å². The highest BCUT2D eigenvalue weighted by molar-refractivity contribution is 5.91. The normalized spacial score (nSPS) is 24.5. The molecule has 0 aliphatic carbocycles. The summed E-state index contributed by atoms with van der Waals surface area (Å²) in [6, 6.07) is 0. The fourth-order valence-corrected chi connectivity index (χ4v) is 6.27. The molecule has 2 saturated heterocycles. The van der Waals surface area contributed by atoms with E-state index in [-0.39, 0.29) is 18.1 Å². The molecule has 0 unspecified atom stereocenters. The summed E-state index contributed by atoms with van der Waals surface area (Å²) in [6.07, 6.45) is 1.63. The number of likely N-dealkylation sites (tertiary alicyclic amines) is 2. The van der Waals surface area contributed by atoms with Gasteiger partial charge in [0.1, 0.15) is 18.6 Å². The third-order valence-electron chi connectivity index (χ3n) is 6.73. The number of esters is 2. The maximum Gasteiger partial charge on any atom is 0.317 e. The van der Waals surface area contributed by atoms with Gasteiger partial charge in [-0.3, -0.25) is 19.2 Å². The van der Waals surface area contributed by atoms with Crippen molar-refractivity contribution in [3.8, 4) is 0 Å². The van der Waals surface area contributed by atoms with Crippen LogP contribution in [-0.4, -0.2) is 68.4 Å². The molecule has 0 aromatic heterocycles. The van der Waals surface area contributed by atoms with Crippen LogP contribution in [0.1, 0.15) is 94.4 Å². The standard InChI is InChI=1S/C24H40N2O6/c1-16(28)26-23(6,7)13-18(14-24(26,8)9)32-20(30)10-19(29)31-17-11-21(2,3)25(15-27)22(4,5)12-17/h15,17-18H,10-14H2,1-9H3. The van der Waals surface area contributed by atoms with E-state index in [1.54, 1.807) is 11.8 Å². The van der Waals surface area contributed by atoms with Gasteiger partial charge in [-0.25, -0.2) is 0 Å². The Bertz CT molecular complexity index is 734. The summed E-state index contributed by atoms with van der Waals surface area (Å²) >= 11 is 0. The largest absolute Gasteiger partial charge is 0.462 e. The van der Waals surface area contributed by atoms with Crippen LogP contribution in [0.25, 0.3) is 0 Å². The van der Waals surface area contributed by atoms with Gasteiger partial charge < -0.3 is 19.3 Å². The summed E-state index contributed by atoms with van der Waals surface area (Å²) in [7, 11) is 0. The van der Waals surface area contributed by atoms with Gasteiger partial charge in [0.05, 0.1) is 0 Å². The molecule has 0 aromatic rings. The number of rotatable bonds is 5. The van der Waals surface area contributed by atoms with E-state index in [0.717, 1.165) is 6.41 Å². The van der Waals surface area contributed by atoms with Gasteiger partial charge in [0, 0.05) is 54.8 Å². The Hall–Kier alpha value is -2.12. The first-order valence-corrected chi connectivity index (χ1v) is 11.4. The summed E-state index contributed by atoms with van der Waals surface area (Å²) in [5, 5.41) is 0. The molecule has 0 aromatic carbocycles. The molecule has 2 aliphatic heterocycles. The van der Waals surface area contributed by atoms with Crippen molar-refractivity contribution < 1.29 is 28.7 Å². The topological polar surface area (TPSA) is 93.2 Å². The second kappa shape index (κ2) is 8.67. The van der Waals surface area contributed by atoms with Crippen molar-refractivity contribution >= 4 is 24.3 Å². The average Bonchev–Trinajstić information content (AvgIpc) is 2.48. The van der Waals surface area contributed by atoms with Crippen molar-refractivity contribution in [3.63, 3.8) is 0 Å². The lowest BCUT2D eigenvalue weighted by Crippen LogP contribution is -2.63. The molecule has 2 aliphatic rings. The monoisotopic (exact) mass is 452 g/mol. The van der Waals surface area contributed by atoms with E-state index in [9.17, 15) is 19.2 Å². The Morgan fingerprint density at radius 3 is 1.41 bits per heavy atom. The maximum atomic E-state index is 12.5. The van der Waals surface area contributed by atoms with E-state index in [1.165, 1.54) is 0 Å². The lowest BCUT2D eigenvalue weighted by Gasteiger charge is -2.54. The summed E-state index contributed by atoms with van der Waals surface area (Å²) in [5.74, 6) is -1.25. The number of carbonyl (C=O) groups is 4. The van der Waals surface area contributed by atoms with E-state index in [2.05, 4.69) is 0 Å². The summed E-state index contributed by atoms with van der Waals surface area (Å²) in [5.41, 5.74) is -1.86. The van der Waals surface area contributed by atoms with E-state index in [0.29, 0.717) is 25.7 Å². The maximum absolute atomic E-state index is 12.5. The number of carbonyl (C=O) groups excluding carboxylic acids is 4. The fraction of sp³-hybridized carbons (Fsp3) is 0.833. The first-order chi connectivity index (χ1) is 14.4. The van der Waals surface area contributed by atoms with Crippen LogP contribution in [0, 0.1) is 0 Å². The van der Waals surface area contributed by atoms with E-state index >= 15 is 0 Å². The minimum absolute atomic E-state index is 0.0140. The first kappa shape index (κ1) is 26.1. The molecular weight excluding hydrogens is 412 g/mol. The second-order valence-corrected chi connectivity index (χ2v) is 11.8. The molecule has 0 saturated carbocycles. The first-order valence-electron chi connectivity index (χ1n) is 11.4. The molecule has 8 heteroatoms. The molecule has 0 bridgehead atoms. The van der Waals surface area contributed by atoms with Crippen molar-refractivity contribution in [2.24, 2.45) is 0 Å². The van der Waals surface area contributed by atoms with Gasteiger partial charge in [0.25, 0.3) is 0 Å². The smallest absolute Gasteiger partial charge is 0.317 e. The van der Waals surface area contributed by atoms with Crippen LogP contribution in [-0.2, 0) is 28.7 Å². The molecule has 182 valence electrons. The molecule has 2 amide bonds. The lowest BCUT2D eigenvalue weighted by molar-refractivity contribution is -0.172. The lowest BCUT2D eigenvalue weighted by atomic mass is 9.78. The third kappa shape index (κ3) is 5.62. The van der Waals surface area contributed by atoms with Crippen molar-refractivity contribution in [2.45, 2.75) is 129 Å². The van der Waals surface area contributed by atoms with Gasteiger partial charge in [-0.05, 0) is 55.4 Å². The zero-order chi connectivity index (χ0) is 24.7. The Balaban J connectivity index is 1.96. The zero-order valence-electron chi connectivity index (χ0n) is 21.1. The number of hydrogen-bond donors (Lipinski definition) is 0. The predicted octanol–water partition coefficient (Wildman–Crippen LogP) is 3.21. The Kier molecular flexibility index (Phi) is 7.08. The summed E-state index contributed by atoms with van der Waals surface area (Å²) < 4.78 is 11.2. The molecule has 2 fully saturated rings. The number of nitrogens with zero attached hydrogens (tertiary/aromatic N) is 2. The van der Waals surface area contributed by atoms with Crippen molar-refractivity contribution in [3.05, 3.63) is 0 Å². The molecule has 0 atom stereocenters. The Labute approximate surface area is 192 Å². The van der Waals surface area contributed by atoms with Crippen LogP contribution in [0.5, 0.6) is 0 Å². The van der Waals surface area contributed by atoms with Crippen LogP contribution in [0.3, 0.4) is 0 Å². The Morgan fingerprint density at radius 1 is 0.750 bits per heavy atom. The third-order valence-corrected chi connectivity index (χ3v) is 6.73. The minimum Gasteiger partial charge on any atom is -0.462 e. The van der Waals surface area contributed by atoms with Crippen molar-refractivity contribution in [2.75, 3.05) is 0 Å². The quantitative estimate of drug-likeness (QED) is 0.361. The second-order valence-electron chi connectivity index (χ2n) is 11.8. The molecular formula is C24H40N2O6. The SMILES string of the molecule is CC(=O)N1C(C)(C)CC(OC(=O)CC(=O)OC2CC(C)(C)N(C=O)C(C)(C)C2)CC1(C)C. The van der Waals surface area contributed by atoms with E-state index in [1.807, 2.05) is 60.3 Å². The molecule has 2 heterocycles. The summed E-state index contributed by atoms with van der Waals surface area (Å²) in [4.78, 5) is 52.3. The average molecular weight is 453 g/mol. The predicted molar refractivity (Wildman–Crippen MR) is 120 cm³/mol. The zero-order valence-corrected chi connectivity index (χ0v) is 21.1. The van der Waals surface area contributed by atoms with E-state index in [4.69, 9.17) is 9.47 Å². The van der Waals surface area contributed by atoms with Crippen molar-refractivity contribution in [1.29, 1.82) is 0 Å². The van der Waals surface area contributed by atoms with Crippen LogP contribution in [0.2, 0.25) is 0 Å². The van der Waals surface area contributed by atoms with Gasteiger partial charge >= 0.3 is 11.9 Å². The number of hydrogen-bond acceptors (Lipinski definition) is 6. The molecule has 2 rings (SSSR count). The summed E-state index contributed by atoms with van der Waals surface area (Å²) in [6.45, 7) is 17.1. The van der Waals surface area contributed by atoms with Gasteiger partial charge in [0.15, 0.2) is 0 Å². The number of amides is 2. The Morgan fingerprint density at radius 2 is 1.09 bits per heavy atom. The molecule has 0 spiro atoms. The van der Waals surface area contributed by atoms with Gasteiger partial charge in [-0.15, -0.1) is 0 Å². The van der Waals surface area contributed by atoms with Crippen LogP contribution in [0.4, 0.5) is 0 Å². The van der Waals surface area contributed by atoms with Gasteiger partial charge in [-0.1, -0.05) is 0 Å². The van der Waals surface area contributed by atoms with Crippen LogP contribution >= 0.6 is 0 Å². The number of piperidine rings is 2. The molecule has 8 nitrogen and oxygen atoms in total. The number of ether oxygens (including phenoxy) is 2. The highest BCUT2D eigenvalue weighted by Gasteiger charge is 2.48. The molecule has 32 heavy (non-hydrogen) atoms. The van der Waals surface area contributed by atoms with Gasteiger partial charge in [0.2, 0.25) is 12.3 Å².